The van der Waals surface area contributed by atoms with Crippen LogP contribution in [0.2, 0.25) is 0 Å². The molecule has 12 aromatic carbocycles. The SMILES string of the molecule is c1ccc(-c2ncnc(-c3cccc(-c4cc(-c5cccc(-c6ncnc(-c7ccccc7)n6)c5)cc(C5(c6cc(-c7cccc(-c8ncnc(-c9ccccc9)n8)c7)cc(-c7cccc(-c8ncnc(-c9ccccc9)n8)c7)c6)c6ccccc6Oc6ccccc65)c4)c3)n2)cc1. The van der Waals surface area contributed by atoms with E-state index in [1.165, 1.54) is 0 Å². The predicted molar refractivity (Wildman–Crippen MR) is 384 cm³/mol. The Labute approximate surface area is 564 Å². The Morgan fingerprint density at radius 1 is 0.184 bits per heavy atom. The highest BCUT2D eigenvalue weighted by molar-refractivity contribution is 5.85. The van der Waals surface area contributed by atoms with Gasteiger partial charge in [-0.15, -0.1) is 0 Å². The lowest BCUT2D eigenvalue weighted by atomic mass is 9.62. The van der Waals surface area contributed by atoms with Gasteiger partial charge in [0.25, 0.3) is 0 Å². The monoisotopic (exact) mass is 1260 g/mol. The lowest BCUT2D eigenvalue weighted by Gasteiger charge is -2.42. The summed E-state index contributed by atoms with van der Waals surface area (Å²) < 4.78 is 7.08. The van der Waals surface area contributed by atoms with Gasteiger partial charge in [0.1, 0.15) is 36.8 Å². The van der Waals surface area contributed by atoms with Crippen LogP contribution in [-0.4, -0.2) is 59.8 Å². The maximum Gasteiger partial charge on any atom is 0.163 e. The largest absolute Gasteiger partial charge is 0.457 e. The second kappa shape index (κ2) is 25.4. The third-order valence-corrected chi connectivity index (χ3v) is 17.8. The fourth-order valence-corrected chi connectivity index (χ4v) is 13.1. The van der Waals surface area contributed by atoms with Gasteiger partial charge >= 0.3 is 0 Å². The van der Waals surface area contributed by atoms with E-state index in [0.29, 0.717) is 46.6 Å². The van der Waals surface area contributed by atoms with Crippen molar-refractivity contribution < 1.29 is 4.74 Å². The van der Waals surface area contributed by atoms with Crippen LogP contribution in [-0.2, 0) is 5.41 Å². The average molecular weight is 1260 g/mol. The predicted octanol–water partition coefficient (Wildman–Crippen LogP) is 18.9. The highest BCUT2D eigenvalue weighted by Gasteiger charge is 2.46. The summed E-state index contributed by atoms with van der Waals surface area (Å²) in [5, 5.41) is 0. The molecule has 0 fully saturated rings. The zero-order valence-corrected chi connectivity index (χ0v) is 52.5. The first-order valence-electron chi connectivity index (χ1n) is 32.1. The van der Waals surface area contributed by atoms with Crippen molar-refractivity contribution in [1.29, 1.82) is 0 Å². The fourth-order valence-electron chi connectivity index (χ4n) is 13.1. The molecule has 5 heterocycles. The van der Waals surface area contributed by atoms with E-state index in [1.54, 1.807) is 25.3 Å². The summed E-state index contributed by atoms with van der Waals surface area (Å²) in [6.45, 7) is 0. The molecule has 13 nitrogen and oxygen atoms in total. The summed E-state index contributed by atoms with van der Waals surface area (Å²) >= 11 is 0. The Kier molecular flexibility index (Phi) is 15.1. The van der Waals surface area contributed by atoms with Gasteiger partial charge in [0.05, 0.1) is 5.41 Å². The summed E-state index contributed by atoms with van der Waals surface area (Å²) in [6, 6.07) is 104. The maximum atomic E-state index is 7.08. The highest BCUT2D eigenvalue weighted by Crippen LogP contribution is 2.57. The number of fused-ring (bicyclic) bond motifs is 2. The van der Waals surface area contributed by atoms with Gasteiger partial charge in [0, 0.05) is 55.6 Å². The summed E-state index contributed by atoms with van der Waals surface area (Å²) in [5.41, 5.74) is 17.3. The topological polar surface area (TPSA) is 164 Å². The Balaban J connectivity index is 0.914. The number of nitrogens with zero attached hydrogens (tertiary/aromatic N) is 12. The second-order valence-corrected chi connectivity index (χ2v) is 23.8. The van der Waals surface area contributed by atoms with Gasteiger partial charge < -0.3 is 4.74 Å². The molecule has 98 heavy (non-hydrogen) atoms. The van der Waals surface area contributed by atoms with Gasteiger partial charge in [-0.1, -0.05) is 231 Å². The number of rotatable bonds is 14. The van der Waals surface area contributed by atoms with Gasteiger partial charge in [-0.2, -0.15) is 0 Å². The molecule has 0 amide bonds. The molecular weight excluding hydrogens is 1210 g/mol. The third kappa shape index (κ3) is 11.3. The highest BCUT2D eigenvalue weighted by atomic mass is 16.5. The van der Waals surface area contributed by atoms with E-state index >= 15 is 0 Å². The van der Waals surface area contributed by atoms with Gasteiger partial charge in [-0.25, -0.2) is 59.8 Å². The quantitative estimate of drug-likeness (QED) is 0.101. The molecule has 1 aliphatic rings. The molecule has 0 N–H and O–H groups in total. The first-order chi connectivity index (χ1) is 48.5. The zero-order chi connectivity index (χ0) is 65.2. The number of aromatic nitrogens is 12. The van der Waals surface area contributed by atoms with Crippen LogP contribution in [0.25, 0.3) is 136 Å². The lowest BCUT2D eigenvalue weighted by molar-refractivity contribution is 0.434. The third-order valence-electron chi connectivity index (χ3n) is 17.8. The Morgan fingerprint density at radius 2 is 0.398 bits per heavy atom. The number of para-hydroxylation sites is 2. The lowest BCUT2D eigenvalue weighted by Crippen LogP contribution is -2.34. The first kappa shape index (κ1) is 58.3. The number of ether oxygens (including phenoxy) is 1. The van der Waals surface area contributed by atoms with Crippen LogP contribution in [0.3, 0.4) is 0 Å². The number of benzene rings is 12. The molecular formula is C85H54N12O. The second-order valence-electron chi connectivity index (χ2n) is 23.8. The minimum atomic E-state index is -1.10. The van der Waals surface area contributed by atoms with Crippen molar-refractivity contribution in [2.45, 2.75) is 5.41 Å². The Bertz CT molecular complexity index is 5010. The average Bonchev–Trinajstić information content (AvgIpc) is 0.701. The minimum absolute atomic E-state index is 0.553. The van der Waals surface area contributed by atoms with Crippen LogP contribution in [0, 0.1) is 0 Å². The molecule has 0 unspecified atom stereocenters. The molecule has 0 aliphatic carbocycles. The molecule has 460 valence electrons. The van der Waals surface area contributed by atoms with Gasteiger partial charge in [0.15, 0.2) is 46.6 Å². The van der Waals surface area contributed by atoms with Crippen molar-refractivity contribution in [2.75, 3.05) is 0 Å². The van der Waals surface area contributed by atoms with E-state index in [4.69, 9.17) is 44.6 Å². The molecule has 0 spiro atoms. The van der Waals surface area contributed by atoms with Crippen molar-refractivity contribution in [3.05, 3.63) is 351 Å². The van der Waals surface area contributed by atoms with Crippen molar-refractivity contribution in [3.63, 3.8) is 0 Å². The molecule has 0 saturated heterocycles. The number of hydrogen-bond donors (Lipinski definition) is 0. The molecule has 17 rings (SSSR count). The molecule has 0 radical (unpaired) electrons. The summed E-state index contributed by atoms with van der Waals surface area (Å²) in [5.74, 6) is 6.00. The normalized spacial score (nSPS) is 12.0. The molecule has 16 aromatic rings. The van der Waals surface area contributed by atoms with Crippen LogP contribution in [0.15, 0.2) is 329 Å². The van der Waals surface area contributed by atoms with E-state index in [0.717, 1.165) is 123 Å². The van der Waals surface area contributed by atoms with Crippen LogP contribution in [0.1, 0.15) is 22.3 Å². The smallest absolute Gasteiger partial charge is 0.163 e. The van der Waals surface area contributed by atoms with Crippen LogP contribution < -0.4 is 4.74 Å². The van der Waals surface area contributed by atoms with E-state index < -0.39 is 5.41 Å². The van der Waals surface area contributed by atoms with Gasteiger partial charge in [-0.05, 0) is 128 Å². The van der Waals surface area contributed by atoms with Crippen LogP contribution in [0.4, 0.5) is 0 Å². The summed E-state index contributed by atoms with van der Waals surface area (Å²) in [6.07, 6.45) is 6.34. The number of hydrogen-bond acceptors (Lipinski definition) is 13. The molecule has 4 aromatic heterocycles. The van der Waals surface area contributed by atoms with E-state index in [9.17, 15) is 0 Å². The van der Waals surface area contributed by atoms with Gasteiger partial charge in [-0.3, -0.25) is 0 Å². The van der Waals surface area contributed by atoms with Crippen molar-refractivity contribution in [2.24, 2.45) is 0 Å². The standard InChI is InChI=1S/C85H54N12O/c1-5-21-55(22-6-1)77-86-51-90-81(94-77)63-33-17-29-59(41-63)67-45-68(60-30-18-34-64(42-60)82-91-52-87-78(95-82)56-23-7-2-8-24-56)48-71(47-67)85(73-37-13-15-39-75(73)98-76-40-16-14-38-74(76)85)72-49-69(61-31-19-35-65(43-61)83-92-53-88-79(96-83)57-25-9-3-10-26-57)46-70(50-72)62-32-20-36-66(44-62)84-93-54-89-80(97-84)58-27-11-4-12-28-58/h1-54H. The maximum absolute atomic E-state index is 7.08. The van der Waals surface area contributed by atoms with Crippen molar-refractivity contribution >= 4 is 0 Å². The van der Waals surface area contributed by atoms with Gasteiger partial charge in [0.2, 0.25) is 0 Å². The van der Waals surface area contributed by atoms with Crippen molar-refractivity contribution in [3.8, 4) is 147 Å². The minimum Gasteiger partial charge on any atom is -0.457 e. The Morgan fingerprint density at radius 3 is 0.673 bits per heavy atom. The zero-order valence-electron chi connectivity index (χ0n) is 52.5. The van der Waals surface area contributed by atoms with E-state index in [1.807, 2.05) is 133 Å². The first-order valence-corrected chi connectivity index (χ1v) is 32.1. The molecule has 0 saturated carbocycles. The van der Waals surface area contributed by atoms with E-state index in [2.05, 4.69) is 190 Å². The van der Waals surface area contributed by atoms with Crippen molar-refractivity contribution in [1.82, 2.24) is 59.8 Å². The molecule has 13 heteroatoms. The van der Waals surface area contributed by atoms with Crippen LogP contribution >= 0.6 is 0 Å². The van der Waals surface area contributed by atoms with E-state index in [-0.39, 0.29) is 0 Å². The molecule has 0 bridgehead atoms. The molecule has 1 aliphatic heterocycles. The molecule has 0 atom stereocenters. The summed E-state index contributed by atoms with van der Waals surface area (Å²) in [7, 11) is 0. The van der Waals surface area contributed by atoms with Crippen LogP contribution in [0.5, 0.6) is 11.5 Å². The summed E-state index contributed by atoms with van der Waals surface area (Å²) in [4.78, 5) is 57.6. The Hall–Kier alpha value is -13.5. The fraction of sp³-hybridized carbons (Fsp3) is 0.0118.